The monoisotopic (exact) mass is 207 g/mol. The number of hydrogen-bond acceptors (Lipinski definition) is 1. The second kappa shape index (κ2) is 5.53. The Balaban J connectivity index is 0.00000169. The van der Waals surface area contributed by atoms with Crippen molar-refractivity contribution >= 4 is 21.9 Å². The molecule has 0 fully saturated rings. The van der Waals surface area contributed by atoms with Crippen LogP contribution in [-0.4, -0.2) is 20.7 Å². The van der Waals surface area contributed by atoms with E-state index in [4.69, 9.17) is 4.52 Å². The lowest BCUT2D eigenvalue weighted by Crippen LogP contribution is -2.19. The van der Waals surface area contributed by atoms with Crippen LogP contribution in [-0.2, 0) is 4.52 Å². The summed E-state index contributed by atoms with van der Waals surface area (Å²) in [7, 11) is 1.30. The Kier molecular flexibility index (Phi) is 5.40. The summed E-state index contributed by atoms with van der Waals surface area (Å²) in [5.41, 5.74) is 0. The average Bonchev–Trinajstić information content (AvgIpc) is 2.05. The van der Waals surface area contributed by atoms with Gasteiger partial charge in [0.2, 0.25) is 0 Å². The first kappa shape index (κ1) is 13.7. The first-order valence-corrected chi connectivity index (χ1v) is 5.71. The molecule has 0 bridgehead atoms. The SMILES string of the molecule is CO[P@@](c1ccccc1)C(C)(C)C.[B]. The van der Waals surface area contributed by atoms with Crippen molar-refractivity contribution in [3.05, 3.63) is 30.3 Å². The molecule has 0 aliphatic heterocycles. The highest BCUT2D eigenvalue weighted by molar-refractivity contribution is 7.62. The molecule has 14 heavy (non-hydrogen) atoms. The fourth-order valence-electron chi connectivity index (χ4n) is 1.33. The van der Waals surface area contributed by atoms with E-state index in [-0.39, 0.29) is 13.6 Å². The molecule has 1 rings (SSSR count). The summed E-state index contributed by atoms with van der Waals surface area (Å²) < 4.78 is 5.57. The molecule has 0 heterocycles. The van der Waals surface area contributed by atoms with Crippen LogP contribution in [0, 0.1) is 0 Å². The maximum Gasteiger partial charge on any atom is 0.0654 e. The zero-order valence-corrected chi connectivity index (χ0v) is 10.2. The van der Waals surface area contributed by atoms with E-state index < -0.39 is 8.15 Å². The lowest BCUT2D eigenvalue weighted by Gasteiger charge is -2.29. The zero-order chi connectivity index (χ0) is 9.90. The Labute approximate surface area is 90.3 Å². The van der Waals surface area contributed by atoms with Gasteiger partial charge in [0.05, 0.1) is 8.15 Å². The summed E-state index contributed by atoms with van der Waals surface area (Å²) in [5.74, 6) is 0. The largest absolute Gasteiger partial charge is 0.357 e. The van der Waals surface area contributed by atoms with Gasteiger partial charge in [-0.3, -0.25) is 0 Å². The number of benzene rings is 1. The van der Waals surface area contributed by atoms with Crippen molar-refractivity contribution in [3.8, 4) is 0 Å². The molecule has 0 aliphatic carbocycles. The van der Waals surface area contributed by atoms with Crippen LogP contribution in [0.4, 0.5) is 0 Å². The minimum Gasteiger partial charge on any atom is -0.357 e. The van der Waals surface area contributed by atoms with Gasteiger partial charge in [0.1, 0.15) is 0 Å². The fraction of sp³-hybridized carbons (Fsp3) is 0.455. The van der Waals surface area contributed by atoms with Gasteiger partial charge < -0.3 is 4.52 Å². The average molecular weight is 207 g/mol. The summed E-state index contributed by atoms with van der Waals surface area (Å²) in [6, 6.07) is 10.4. The second-order valence-corrected chi connectivity index (χ2v) is 6.80. The van der Waals surface area contributed by atoms with E-state index in [1.165, 1.54) is 5.30 Å². The topological polar surface area (TPSA) is 9.23 Å². The molecule has 0 saturated carbocycles. The molecule has 1 aromatic carbocycles. The van der Waals surface area contributed by atoms with E-state index in [2.05, 4.69) is 45.0 Å². The van der Waals surface area contributed by atoms with Gasteiger partial charge in [-0.25, -0.2) is 0 Å². The van der Waals surface area contributed by atoms with Crippen LogP contribution in [0.5, 0.6) is 0 Å². The highest BCUT2D eigenvalue weighted by atomic mass is 31.1. The lowest BCUT2D eigenvalue weighted by atomic mass is 10.3. The molecule has 1 atom stereocenters. The van der Waals surface area contributed by atoms with Gasteiger partial charge in [0, 0.05) is 26.0 Å². The quantitative estimate of drug-likeness (QED) is 0.535. The number of rotatable bonds is 2. The van der Waals surface area contributed by atoms with Crippen LogP contribution in [0.25, 0.3) is 0 Å². The third kappa shape index (κ3) is 3.44. The Morgan fingerprint density at radius 2 is 1.57 bits per heavy atom. The highest BCUT2D eigenvalue weighted by Gasteiger charge is 2.25. The molecule has 3 heteroatoms. The fourth-order valence-corrected chi connectivity index (χ4v) is 3.31. The van der Waals surface area contributed by atoms with Crippen LogP contribution in [0.15, 0.2) is 30.3 Å². The maximum atomic E-state index is 5.57. The first-order valence-electron chi connectivity index (χ1n) is 4.45. The third-order valence-corrected chi connectivity index (χ3v) is 4.13. The minimum absolute atomic E-state index is 0. The van der Waals surface area contributed by atoms with Gasteiger partial charge in [0.15, 0.2) is 0 Å². The standard InChI is InChI=1S/C11H17OP.B/c1-11(2,3)13(12-4)10-8-6-5-7-9-10;/h5-9H,1-4H3;/t13-;/m0./s1. The van der Waals surface area contributed by atoms with E-state index in [0.717, 1.165) is 0 Å². The molecule has 0 spiro atoms. The molecule has 0 saturated heterocycles. The Hall–Kier alpha value is -0.325. The van der Waals surface area contributed by atoms with E-state index in [1.54, 1.807) is 7.11 Å². The van der Waals surface area contributed by atoms with Crippen molar-refractivity contribution < 1.29 is 4.52 Å². The molecule has 3 radical (unpaired) electrons. The molecule has 0 aromatic heterocycles. The smallest absolute Gasteiger partial charge is 0.0654 e. The molecule has 0 unspecified atom stereocenters. The molecule has 1 nitrogen and oxygen atoms in total. The molecule has 0 aliphatic rings. The lowest BCUT2D eigenvalue weighted by molar-refractivity contribution is 0.449. The van der Waals surface area contributed by atoms with Gasteiger partial charge in [0.25, 0.3) is 0 Å². The molecular weight excluding hydrogens is 190 g/mol. The summed E-state index contributed by atoms with van der Waals surface area (Å²) in [4.78, 5) is 0. The normalized spacial score (nSPS) is 13.1. The van der Waals surface area contributed by atoms with E-state index >= 15 is 0 Å². The molecule has 0 amide bonds. The zero-order valence-electron chi connectivity index (χ0n) is 9.32. The predicted octanol–water partition coefficient (Wildman–Crippen LogP) is 2.77. The van der Waals surface area contributed by atoms with E-state index in [1.807, 2.05) is 6.07 Å². The minimum atomic E-state index is -0.495. The molecule has 0 N–H and O–H groups in total. The van der Waals surface area contributed by atoms with Crippen molar-refractivity contribution in [3.63, 3.8) is 0 Å². The Morgan fingerprint density at radius 3 is 1.93 bits per heavy atom. The van der Waals surface area contributed by atoms with Crippen molar-refractivity contribution in [2.24, 2.45) is 0 Å². The van der Waals surface area contributed by atoms with Crippen molar-refractivity contribution in [1.29, 1.82) is 0 Å². The van der Waals surface area contributed by atoms with Crippen molar-refractivity contribution in [1.82, 2.24) is 0 Å². The summed E-state index contributed by atoms with van der Waals surface area (Å²) in [5, 5.41) is 1.53. The predicted molar refractivity (Wildman–Crippen MR) is 65.5 cm³/mol. The summed E-state index contributed by atoms with van der Waals surface area (Å²) in [6.45, 7) is 6.65. The van der Waals surface area contributed by atoms with Crippen LogP contribution in [0.3, 0.4) is 0 Å². The van der Waals surface area contributed by atoms with Gasteiger partial charge >= 0.3 is 0 Å². The van der Waals surface area contributed by atoms with Gasteiger partial charge in [-0.1, -0.05) is 51.1 Å². The molecular formula is C11H17BOP. The van der Waals surface area contributed by atoms with Crippen molar-refractivity contribution in [2.45, 2.75) is 25.9 Å². The van der Waals surface area contributed by atoms with E-state index in [0.29, 0.717) is 0 Å². The Morgan fingerprint density at radius 1 is 1.07 bits per heavy atom. The van der Waals surface area contributed by atoms with Crippen LogP contribution < -0.4 is 5.30 Å². The van der Waals surface area contributed by atoms with Crippen LogP contribution >= 0.6 is 8.15 Å². The molecule has 1 aromatic rings. The van der Waals surface area contributed by atoms with Crippen molar-refractivity contribution in [2.75, 3.05) is 7.11 Å². The van der Waals surface area contributed by atoms with E-state index in [9.17, 15) is 0 Å². The third-order valence-electron chi connectivity index (χ3n) is 1.78. The van der Waals surface area contributed by atoms with Crippen LogP contribution in [0.2, 0.25) is 0 Å². The highest BCUT2D eigenvalue weighted by Crippen LogP contribution is 2.48. The first-order chi connectivity index (χ1) is 6.05. The van der Waals surface area contributed by atoms with Gasteiger partial charge in [-0.2, -0.15) is 0 Å². The van der Waals surface area contributed by atoms with Gasteiger partial charge in [-0.15, -0.1) is 0 Å². The maximum absolute atomic E-state index is 5.57. The second-order valence-electron chi connectivity index (χ2n) is 3.98. The van der Waals surface area contributed by atoms with Crippen LogP contribution in [0.1, 0.15) is 20.8 Å². The Bertz CT molecular complexity index is 256. The van der Waals surface area contributed by atoms with Gasteiger partial charge in [-0.05, 0) is 0 Å². The number of hydrogen-bond donors (Lipinski definition) is 0. The summed E-state index contributed by atoms with van der Waals surface area (Å²) >= 11 is 0. The summed E-state index contributed by atoms with van der Waals surface area (Å²) in [6.07, 6.45) is 0. The molecule has 75 valence electrons.